The number of rotatable bonds is 5. The zero-order valence-electron chi connectivity index (χ0n) is 13.9. The number of methoxy groups -OCH3 is 1. The number of nitrogens with zero attached hydrogens (tertiary/aromatic N) is 2. The molecule has 1 aromatic heterocycles. The fourth-order valence-electron chi connectivity index (χ4n) is 2.82. The minimum Gasteiger partial charge on any atom is -0.497 e. The zero-order chi connectivity index (χ0) is 16.8. The van der Waals surface area contributed by atoms with Gasteiger partial charge < -0.3 is 14.6 Å². The quantitative estimate of drug-likeness (QED) is 0.919. The van der Waals surface area contributed by atoms with E-state index in [1.54, 1.807) is 13.3 Å². The lowest BCUT2D eigenvalue weighted by molar-refractivity contribution is 0.0645. The second kappa shape index (κ2) is 7.84. The molecule has 3 rings (SSSR count). The molecule has 0 saturated carbocycles. The molecule has 0 unspecified atom stereocenters. The molecule has 0 atom stereocenters. The maximum Gasteiger partial charge on any atom is 0.270 e. The second-order valence-electron chi connectivity index (χ2n) is 5.85. The van der Waals surface area contributed by atoms with Gasteiger partial charge in [0.1, 0.15) is 11.4 Å². The summed E-state index contributed by atoms with van der Waals surface area (Å²) in [5.74, 6) is 0.962. The zero-order valence-corrected chi connectivity index (χ0v) is 13.9. The Balaban J connectivity index is 1.45. The predicted molar refractivity (Wildman–Crippen MR) is 95.2 cm³/mol. The molecular weight excluding hydrogens is 302 g/mol. The topological polar surface area (TPSA) is 48.6 Å². The van der Waals surface area contributed by atoms with Crippen LogP contribution in [0.5, 0.6) is 5.75 Å². The van der Waals surface area contributed by atoms with Crippen LogP contribution >= 0.6 is 0 Å². The fourth-order valence-corrected chi connectivity index (χ4v) is 2.82. The number of hydrogen-bond donors (Lipinski definition) is 1. The van der Waals surface area contributed by atoms with Crippen molar-refractivity contribution in [2.45, 2.75) is 0 Å². The summed E-state index contributed by atoms with van der Waals surface area (Å²) in [5, 5.41) is 0. The van der Waals surface area contributed by atoms with Crippen molar-refractivity contribution >= 4 is 12.0 Å². The molecule has 0 radical (unpaired) electrons. The standard InChI is InChI=1S/C19H23N3O2/c1-24-17-8-6-16(7-9-17)4-3-11-21-12-14-22(15-13-21)19(23)18-5-2-10-20-18/h2-10,20H,11-15H2,1H3/b4-3+. The van der Waals surface area contributed by atoms with Gasteiger partial charge in [-0.3, -0.25) is 9.69 Å². The van der Waals surface area contributed by atoms with Crippen molar-refractivity contribution in [1.82, 2.24) is 14.8 Å². The van der Waals surface area contributed by atoms with E-state index >= 15 is 0 Å². The van der Waals surface area contributed by atoms with Crippen molar-refractivity contribution in [3.63, 3.8) is 0 Å². The predicted octanol–water partition coefficient (Wildman–Crippen LogP) is 2.49. The lowest BCUT2D eigenvalue weighted by Crippen LogP contribution is -2.48. The SMILES string of the molecule is COc1ccc(/C=C/CN2CCN(C(=O)c3ccc[nH]3)CC2)cc1. The van der Waals surface area contributed by atoms with Crippen LogP contribution in [0.25, 0.3) is 6.08 Å². The number of aromatic amines is 1. The van der Waals surface area contributed by atoms with Crippen molar-refractivity contribution in [3.05, 3.63) is 59.9 Å². The number of amides is 1. The van der Waals surface area contributed by atoms with Crippen molar-refractivity contribution in [2.24, 2.45) is 0 Å². The van der Waals surface area contributed by atoms with Crippen molar-refractivity contribution < 1.29 is 9.53 Å². The van der Waals surface area contributed by atoms with Gasteiger partial charge in [-0.25, -0.2) is 0 Å². The highest BCUT2D eigenvalue weighted by atomic mass is 16.5. The van der Waals surface area contributed by atoms with Gasteiger partial charge in [-0.1, -0.05) is 24.3 Å². The van der Waals surface area contributed by atoms with E-state index in [9.17, 15) is 4.79 Å². The number of nitrogens with one attached hydrogen (secondary N) is 1. The van der Waals surface area contributed by atoms with Gasteiger partial charge in [0.05, 0.1) is 7.11 Å². The minimum atomic E-state index is 0.0911. The number of hydrogen-bond acceptors (Lipinski definition) is 3. The molecule has 1 fully saturated rings. The molecule has 0 aliphatic carbocycles. The molecule has 5 heteroatoms. The molecule has 1 aliphatic rings. The summed E-state index contributed by atoms with van der Waals surface area (Å²) < 4.78 is 5.16. The molecule has 1 amide bonds. The van der Waals surface area contributed by atoms with E-state index in [-0.39, 0.29) is 5.91 Å². The third-order valence-electron chi connectivity index (χ3n) is 4.28. The molecule has 1 N–H and O–H groups in total. The normalized spacial score (nSPS) is 15.8. The van der Waals surface area contributed by atoms with Gasteiger partial charge in [0.15, 0.2) is 0 Å². The number of ether oxygens (including phenoxy) is 1. The molecule has 24 heavy (non-hydrogen) atoms. The van der Waals surface area contributed by atoms with E-state index in [0.717, 1.165) is 44.0 Å². The highest BCUT2D eigenvalue weighted by molar-refractivity contribution is 5.92. The minimum absolute atomic E-state index is 0.0911. The molecule has 0 spiro atoms. The van der Waals surface area contributed by atoms with Gasteiger partial charge in [0.2, 0.25) is 0 Å². The average molecular weight is 325 g/mol. The third kappa shape index (κ3) is 4.06. The van der Waals surface area contributed by atoms with Crippen LogP contribution in [0.15, 0.2) is 48.7 Å². The molecule has 126 valence electrons. The third-order valence-corrected chi connectivity index (χ3v) is 4.28. The van der Waals surface area contributed by atoms with Crippen LogP contribution in [-0.4, -0.2) is 60.5 Å². The first-order valence-electron chi connectivity index (χ1n) is 8.22. The van der Waals surface area contributed by atoms with Gasteiger partial charge in [-0.2, -0.15) is 0 Å². The van der Waals surface area contributed by atoms with Crippen molar-refractivity contribution in [2.75, 3.05) is 39.8 Å². The van der Waals surface area contributed by atoms with Gasteiger partial charge in [-0.05, 0) is 29.8 Å². The summed E-state index contributed by atoms with van der Waals surface area (Å²) in [6.45, 7) is 4.25. The summed E-state index contributed by atoms with van der Waals surface area (Å²) in [6, 6.07) is 11.7. The Morgan fingerprint density at radius 3 is 2.54 bits per heavy atom. The van der Waals surface area contributed by atoms with E-state index in [4.69, 9.17) is 4.74 Å². The maximum atomic E-state index is 12.3. The van der Waals surface area contributed by atoms with Crippen LogP contribution < -0.4 is 4.74 Å². The van der Waals surface area contributed by atoms with Crippen LogP contribution in [0.1, 0.15) is 16.1 Å². The molecule has 1 aliphatic heterocycles. The molecule has 0 bridgehead atoms. The monoisotopic (exact) mass is 325 g/mol. The van der Waals surface area contributed by atoms with Crippen molar-refractivity contribution in [3.8, 4) is 5.75 Å². The maximum absolute atomic E-state index is 12.3. The number of carbonyl (C=O) groups excluding carboxylic acids is 1. The van der Waals surface area contributed by atoms with E-state index in [1.807, 2.05) is 41.3 Å². The second-order valence-corrected chi connectivity index (χ2v) is 5.85. The Labute approximate surface area is 142 Å². The van der Waals surface area contributed by atoms with E-state index < -0.39 is 0 Å². The van der Waals surface area contributed by atoms with Crippen molar-refractivity contribution in [1.29, 1.82) is 0 Å². The Kier molecular flexibility index (Phi) is 5.33. The van der Waals surface area contributed by atoms with E-state index in [1.165, 1.54) is 0 Å². The molecule has 5 nitrogen and oxygen atoms in total. The first-order chi connectivity index (χ1) is 11.8. The highest BCUT2D eigenvalue weighted by Gasteiger charge is 2.21. The Hall–Kier alpha value is -2.53. The first-order valence-corrected chi connectivity index (χ1v) is 8.22. The molecule has 2 aromatic rings. The molecule has 1 saturated heterocycles. The fraction of sp³-hybridized carbons (Fsp3) is 0.316. The van der Waals surface area contributed by atoms with E-state index in [0.29, 0.717) is 5.69 Å². The largest absolute Gasteiger partial charge is 0.497 e. The summed E-state index contributed by atoms with van der Waals surface area (Å²) in [6.07, 6.45) is 6.08. The number of piperazine rings is 1. The average Bonchev–Trinajstić information content (AvgIpc) is 3.17. The number of aromatic nitrogens is 1. The summed E-state index contributed by atoms with van der Waals surface area (Å²) in [4.78, 5) is 19.5. The van der Waals surface area contributed by atoms with Crippen LogP contribution in [-0.2, 0) is 0 Å². The van der Waals surface area contributed by atoms with Crippen LogP contribution in [0.3, 0.4) is 0 Å². The van der Waals surface area contributed by atoms with Crippen LogP contribution in [0.4, 0.5) is 0 Å². The molecule has 2 heterocycles. The van der Waals surface area contributed by atoms with E-state index in [2.05, 4.69) is 22.0 Å². The Morgan fingerprint density at radius 2 is 1.92 bits per heavy atom. The highest BCUT2D eigenvalue weighted by Crippen LogP contribution is 2.12. The van der Waals surface area contributed by atoms with Crippen LogP contribution in [0, 0.1) is 0 Å². The summed E-state index contributed by atoms with van der Waals surface area (Å²) in [7, 11) is 1.67. The molecule has 1 aromatic carbocycles. The number of carbonyl (C=O) groups is 1. The van der Waals surface area contributed by atoms with Gasteiger partial charge in [0, 0.05) is 38.9 Å². The Bertz CT molecular complexity index is 669. The van der Waals surface area contributed by atoms with Gasteiger partial charge in [-0.15, -0.1) is 0 Å². The van der Waals surface area contributed by atoms with Gasteiger partial charge in [0.25, 0.3) is 5.91 Å². The lowest BCUT2D eigenvalue weighted by Gasteiger charge is -2.33. The lowest BCUT2D eigenvalue weighted by atomic mass is 10.2. The summed E-state index contributed by atoms with van der Waals surface area (Å²) >= 11 is 0. The smallest absolute Gasteiger partial charge is 0.270 e. The Morgan fingerprint density at radius 1 is 1.17 bits per heavy atom. The van der Waals surface area contributed by atoms with Crippen LogP contribution in [0.2, 0.25) is 0 Å². The summed E-state index contributed by atoms with van der Waals surface area (Å²) in [5.41, 5.74) is 1.83. The molecular formula is C19H23N3O2. The first kappa shape index (κ1) is 16.3. The number of H-pyrrole nitrogens is 1. The van der Waals surface area contributed by atoms with Gasteiger partial charge >= 0.3 is 0 Å². The number of benzene rings is 1.